The molecule has 0 spiro atoms. The molecule has 1 amide bonds. The van der Waals surface area contributed by atoms with Gasteiger partial charge < -0.3 is 14.8 Å². The maximum atomic E-state index is 13.4. The van der Waals surface area contributed by atoms with Crippen molar-refractivity contribution in [2.24, 2.45) is 0 Å². The fourth-order valence-corrected chi connectivity index (χ4v) is 4.25. The molecule has 2 aromatic rings. The molecule has 5 heteroatoms. The van der Waals surface area contributed by atoms with Crippen LogP contribution in [0.5, 0.6) is 5.88 Å². The number of pyridine rings is 1. The van der Waals surface area contributed by atoms with Crippen LogP contribution in [0.4, 0.5) is 0 Å². The van der Waals surface area contributed by atoms with Crippen molar-refractivity contribution in [1.29, 1.82) is 0 Å². The van der Waals surface area contributed by atoms with Crippen molar-refractivity contribution in [2.75, 3.05) is 13.2 Å². The lowest BCUT2D eigenvalue weighted by Gasteiger charge is -2.36. The number of hydrogen-bond donors (Lipinski definition) is 1. The van der Waals surface area contributed by atoms with Gasteiger partial charge in [-0.15, -0.1) is 0 Å². The molecule has 1 aromatic carbocycles. The number of ether oxygens (including phenoxy) is 2. The minimum atomic E-state index is -0.422. The first-order chi connectivity index (χ1) is 13.3. The van der Waals surface area contributed by atoms with E-state index in [4.69, 9.17) is 9.47 Å². The second-order valence-electron chi connectivity index (χ2n) is 7.42. The Hall–Kier alpha value is -2.40. The van der Waals surface area contributed by atoms with Crippen LogP contribution in [0, 0.1) is 0 Å². The second kappa shape index (κ2) is 8.09. The van der Waals surface area contributed by atoms with E-state index in [9.17, 15) is 4.79 Å². The third-order valence-corrected chi connectivity index (χ3v) is 5.75. The predicted octanol–water partition coefficient (Wildman–Crippen LogP) is 3.25. The van der Waals surface area contributed by atoms with Crippen LogP contribution >= 0.6 is 0 Å². The summed E-state index contributed by atoms with van der Waals surface area (Å²) in [6.07, 6.45) is 6.19. The van der Waals surface area contributed by atoms with Gasteiger partial charge in [-0.25, -0.2) is 4.98 Å². The third kappa shape index (κ3) is 3.83. The van der Waals surface area contributed by atoms with Gasteiger partial charge in [0.05, 0.1) is 18.1 Å². The van der Waals surface area contributed by atoms with Crippen molar-refractivity contribution < 1.29 is 14.3 Å². The van der Waals surface area contributed by atoms with Crippen LogP contribution in [0.25, 0.3) is 0 Å². The summed E-state index contributed by atoms with van der Waals surface area (Å²) >= 11 is 0. The molecule has 1 N–H and O–H groups in total. The Morgan fingerprint density at radius 2 is 1.89 bits per heavy atom. The highest BCUT2D eigenvalue weighted by atomic mass is 16.5. The zero-order chi connectivity index (χ0) is 18.5. The summed E-state index contributed by atoms with van der Waals surface area (Å²) in [6.45, 7) is 1.09. The third-order valence-electron chi connectivity index (χ3n) is 5.75. The monoisotopic (exact) mass is 366 g/mol. The summed E-state index contributed by atoms with van der Waals surface area (Å²) in [6, 6.07) is 15.7. The van der Waals surface area contributed by atoms with Gasteiger partial charge in [0.25, 0.3) is 0 Å². The number of aromatic nitrogens is 1. The average molecular weight is 366 g/mol. The number of amides is 1. The van der Waals surface area contributed by atoms with Gasteiger partial charge in [-0.2, -0.15) is 0 Å². The van der Waals surface area contributed by atoms with E-state index in [1.54, 1.807) is 6.20 Å². The smallest absolute Gasteiger partial charge is 0.231 e. The molecule has 1 aliphatic heterocycles. The molecular weight excluding hydrogens is 340 g/mol. The number of hydrogen-bond acceptors (Lipinski definition) is 4. The van der Waals surface area contributed by atoms with E-state index in [2.05, 4.69) is 22.4 Å². The molecule has 0 radical (unpaired) electrons. The largest absolute Gasteiger partial charge is 0.470 e. The quantitative estimate of drug-likeness (QED) is 0.882. The Morgan fingerprint density at radius 1 is 1.11 bits per heavy atom. The molecule has 2 aliphatic rings. The van der Waals surface area contributed by atoms with Crippen LogP contribution < -0.4 is 10.1 Å². The van der Waals surface area contributed by atoms with Crippen molar-refractivity contribution >= 4 is 5.91 Å². The van der Waals surface area contributed by atoms with E-state index in [0.29, 0.717) is 19.1 Å². The lowest BCUT2D eigenvalue weighted by Crippen LogP contribution is -2.55. The maximum Gasteiger partial charge on any atom is 0.231 e. The summed E-state index contributed by atoms with van der Waals surface area (Å²) in [5.41, 5.74) is 0.698. The molecule has 0 unspecified atom stereocenters. The summed E-state index contributed by atoms with van der Waals surface area (Å²) in [5, 5.41) is 3.30. The zero-order valence-electron chi connectivity index (χ0n) is 15.5. The minimum Gasteiger partial charge on any atom is -0.470 e. The average Bonchev–Trinajstić information content (AvgIpc) is 3.22. The molecule has 2 fully saturated rings. The van der Waals surface area contributed by atoms with Gasteiger partial charge in [-0.1, -0.05) is 49.2 Å². The van der Waals surface area contributed by atoms with Gasteiger partial charge in [0.1, 0.15) is 6.10 Å². The van der Waals surface area contributed by atoms with E-state index in [1.165, 1.54) is 0 Å². The molecular formula is C22H26N2O3. The molecule has 2 heterocycles. The highest BCUT2D eigenvalue weighted by molar-refractivity contribution is 5.88. The van der Waals surface area contributed by atoms with Gasteiger partial charge in [-0.05, 0) is 30.9 Å². The van der Waals surface area contributed by atoms with E-state index < -0.39 is 5.41 Å². The van der Waals surface area contributed by atoms with Gasteiger partial charge >= 0.3 is 0 Å². The number of benzene rings is 1. The topological polar surface area (TPSA) is 60.5 Å². The van der Waals surface area contributed by atoms with Crippen molar-refractivity contribution in [3.05, 3.63) is 60.3 Å². The van der Waals surface area contributed by atoms with Gasteiger partial charge in [0, 0.05) is 18.9 Å². The summed E-state index contributed by atoms with van der Waals surface area (Å²) in [7, 11) is 0. The molecule has 1 aliphatic carbocycles. The summed E-state index contributed by atoms with van der Waals surface area (Å²) in [5.74, 6) is 0.679. The van der Waals surface area contributed by atoms with E-state index in [1.807, 2.05) is 36.4 Å². The Balaban J connectivity index is 1.51. The SMILES string of the molecule is O=C(N[C@@H]1CCOC[C@H]1Oc1ccccn1)C1(c2ccccc2)CCCC1. The fraction of sp³-hybridized carbons (Fsp3) is 0.455. The van der Waals surface area contributed by atoms with Crippen LogP contribution in [-0.4, -0.2) is 36.3 Å². The molecule has 5 nitrogen and oxygen atoms in total. The van der Waals surface area contributed by atoms with Crippen LogP contribution in [-0.2, 0) is 14.9 Å². The molecule has 1 saturated carbocycles. The molecule has 0 bridgehead atoms. The zero-order valence-corrected chi connectivity index (χ0v) is 15.5. The first-order valence-corrected chi connectivity index (χ1v) is 9.80. The lowest BCUT2D eigenvalue weighted by atomic mass is 9.77. The number of nitrogens with zero attached hydrogens (tertiary/aromatic N) is 1. The first-order valence-electron chi connectivity index (χ1n) is 9.80. The number of carbonyl (C=O) groups excluding carboxylic acids is 1. The summed E-state index contributed by atoms with van der Waals surface area (Å²) < 4.78 is 11.6. The second-order valence-corrected chi connectivity index (χ2v) is 7.42. The highest BCUT2D eigenvalue weighted by Gasteiger charge is 2.44. The van der Waals surface area contributed by atoms with E-state index in [-0.39, 0.29) is 18.1 Å². The van der Waals surface area contributed by atoms with Crippen molar-refractivity contribution in [3.8, 4) is 5.88 Å². The molecule has 4 rings (SSSR count). The first kappa shape index (κ1) is 18.0. The van der Waals surface area contributed by atoms with E-state index in [0.717, 1.165) is 37.7 Å². The van der Waals surface area contributed by atoms with Gasteiger partial charge in [-0.3, -0.25) is 4.79 Å². The minimum absolute atomic E-state index is 0.0746. The van der Waals surface area contributed by atoms with Crippen LogP contribution in [0.1, 0.15) is 37.7 Å². The number of rotatable bonds is 5. The van der Waals surface area contributed by atoms with Crippen molar-refractivity contribution in [2.45, 2.75) is 49.7 Å². The van der Waals surface area contributed by atoms with Crippen LogP contribution in [0.3, 0.4) is 0 Å². The molecule has 1 aromatic heterocycles. The van der Waals surface area contributed by atoms with Gasteiger partial charge in [0.15, 0.2) is 0 Å². The predicted molar refractivity (Wildman–Crippen MR) is 103 cm³/mol. The lowest BCUT2D eigenvalue weighted by molar-refractivity contribution is -0.129. The van der Waals surface area contributed by atoms with Gasteiger partial charge in [0.2, 0.25) is 11.8 Å². The Labute approximate surface area is 160 Å². The Morgan fingerprint density at radius 3 is 2.63 bits per heavy atom. The molecule has 1 saturated heterocycles. The maximum absolute atomic E-state index is 13.4. The van der Waals surface area contributed by atoms with Crippen LogP contribution in [0.15, 0.2) is 54.7 Å². The standard InChI is InChI=1S/C22H26N2O3/c25-21(22(12-5-6-13-22)17-8-2-1-3-9-17)24-18-11-15-26-16-19(18)27-20-10-4-7-14-23-20/h1-4,7-10,14,18-19H,5-6,11-13,15-16H2,(H,24,25)/t18-,19-/m1/s1. The fourth-order valence-electron chi connectivity index (χ4n) is 4.25. The molecule has 2 atom stereocenters. The van der Waals surface area contributed by atoms with Crippen molar-refractivity contribution in [3.63, 3.8) is 0 Å². The van der Waals surface area contributed by atoms with E-state index >= 15 is 0 Å². The Bertz CT molecular complexity index is 745. The normalized spacial score (nSPS) is 24.3. The Kier molecular flexibility index (Phi) is 5.39. The molecule has 142 valence electrons. The van der Waals surface area contributed by atoms with Crippen LogP contribution in [0.2, 0.25) is 0 Å². The van der Waals surface area contributed by atoms with Crippen molar-refractivity contribution in [1.82, 2.24) is 10.3 Å². The number of carbonyl (C=O) groups is 1. The number of nitrogens with one attached hydrogen (secondary N) is 1. The highest BCUT2D eigenvalue weighted by Crippen LogP contribution is 2.41. The summed E-state index contributed by atoms with van der Waals surface area (Å²) in [4.78, 5) is 17.6. The molecule has 27 heavy (non-hydrogen) atoms.